The Kier molecular flexibility index (Phi) is 11.8. The zero-order valence-corrected chi connectivity index (χ0v) is 25.6. The Morgan fingerprint density at radius 1 is 1.12 bits per heavy atom. The molecule has 1 aliphatic carbocycles. The number of carbonyl (C=O) groups excluding carboxylic acids is 3. The van der Waals surface area contributed by atoms with Gasteiger partial charge < -0.3 is 29.1 Å². The first kappa shape index (κ1) is 34.1. The van der Waals surface area contributed by atoms with E-state index in [0.717, 1.165) is 18.6 Å². The zero-order valence-electron chi connectivity index (χ0n) is 25.6. The first-order chi connectivity index (χ1) is 20.5. The van der Waals surface area contributed by atoms with Gasteiger partial charge in [-0.3, -0.25) is 4.90 Å². The molecule has 0 radical (unpaired) electrons. The van der Waals surface area contributed by atoms with Gasteiger partial charge in [-0.25, -0.2) is 13.6 Å². The van der Waals surface area contributed by atoms with Gasteiger partial charge in [-0.15, -0.1) is 0 Å². The topological polar surface area (TPSA) is 96.4 Å². The van der Waals surface area contributed by atoms with E-state index in [-0.39, 0.29) is 36.5 Å². The van der Waals surface area contributed by atoms with Crippen LogP contribution in [0.15, 0.2) is 36.4 Å². The number of aryl methyl sites for hydroxylation is 2. The quantitative estimate of drug-likeness (QED) is 0.489. The molecular formula is C33H44F2N2O6. The number of ether oxygens (including phenoxy) is 2. The molecule has 1 saturated heterocycles. The van der Waals surface area contributed by atoms with Crippen molar-refractivity contribution in [3.63, 3.8) is 0 Å². The molecule has 2 unspecified atom stereocenters. The first-order valence-corrected chi connectivity index (χ1v) is 14.8. The highest BCUT2D eigenvalue weighted by atomic mass is 19.1. The summed E-state index contributed by atoms with van der Waals surface area (Å²) in [5, 5.41) is 9.54. The molecule has 2 aliphatic heterocycles. The number of halogens is 2. The molecule has 1 N–H and O–H groups in total. The molecule has 0 aromatic heterocycles. The average Bonchev–Trinajstić information content (AvgIpc) is 3.04. The van der Waals surface area contributed by atoms with E-state index in [2.05, 4.69) is 43.0 Å². The monoisotopic (exact) mass is 602 g/mol. The second kappa shape index (κ2) is 14.9. The number of benzene rings is 2. The van der Waals surface area contributed by atoms with Gasteiger partial charge in [0.05, 0.1) is 18.6 Å². The Labute approximate surface area is 253 Å². The van der Waals surface area contributed by atoms with E-state index in [9.17, 15) is 23.5 Å². The summed E-state index contributed by atoms with van der Waals surface area (Å²) in [4.78, 5) is 36.7. The summed E-state index contributed by atoms with van der Waals surface area (Å²) in [5.41, 5.74) is 1.22. The maximum atomic E-state index is 14.6. The van der Waals surface area contributed by atoms with Crippen molar-refractivity contribution in [3.05, 3.63) is 64.7 Å². The molecule has 1 amide bonds. The number of piperazine rings is 1. The number of hydrogen-bond acceptors (Lipinski definition) is 7. The van der Waals surface area contributed by atoms with Gasteiger partial charge in [0.2, 0.25) is 0 Å². The van der Waals surface area contributed by atoms with Crippen LogP contribution in [0.1, 0.15) is 56.7 Å². The fourth-order valence-electron chi connectivity index (χ4n) is 6.04. The van der Waals surface area contributed by atoms with E-state index in [4.69, 9.17) is 14.3 Å². The van der Waals surface area contributed by atoms with Crippen molar-refractivity contribution >= 4 is 19.2 Å². The second-order valence-electron chi connectivity index (χ2n) is 12.0. The smallest absolute Gasteiger partial charge is 0.410 e. The number of nitrogens with zero attached hydrogens (tertiary/aromatic N) is 2. The third-order valence-corrected chi connectivity index (χ3v) is 8.90. The van der Waals surface area contributed by atoms with Gasteiger partial charge in [0.25, 0.3) is 0 Å². The van der Waals surface area contributed by atoms with Gasteiger partial charge in [-0.1, -0.05) is 36.8 Å². The molecule has 236 valence electrons. The van der Waals surface area contributed by atoms with Crippen LogP contribution < -0.4 is 4.74 Å². The van der Waals surface area contributed by atoms with Crippen LogP contribution in [-0.2, 0) is 26.2 Å². The van der Waals surface area contributed by atoms with Crippen molar-refractivity contribution in [2.45, 2.75) is 70.4 Å². The van der Waals surface area contributed by atoms with Crippen molar-refractivity contribution < 1.29 is 37.7 Å². The summed E-state index contributed by atoms with van der Waals surface area (Å²) >= 11 is 0. The number of amides is 1. The van der Waals surface area contributed by atoms with Gasteiger partial charge in [0.15, 0.2) is 11.6 Å². The SMILES string of the molecule is C=O.CC(C)(CO)N1CCN(C(=O)O[C@@H]2CCC3(C=O)c4c(F)ccc(F)c4OCC3C2)CC1.CCc1ccc(C)cc1. The maximum Gasteiger partial charge on any atom is 0.410 e. The third-order valence-electron chi connectivity index (χ3n) is 8.90. The van der Waals surface area contributed by atoms with Crippen molar-refractivity contribution in [1.82, 2.24) is 9.80 Å². The largest absolute Gasteiger partial charge is 0.490 e. The molecule has 2 aromatic carbocycles. The van der Waals surface area contributed by atoms with Crippen molar-refractivity contribution in [2.75, 3.05) is 39.4 Å². The van der Waals surface area contributed by atoms with Gasteiger partial charge in [-0.05, 0) is 64.2 Å². The number of rotatable bonds is 5. The Morgan fingerprint density at radius 2 is 1.74 bits per heavy atom. The van der Waals surface area contributed by atoms with Crippen LogP contribution in [0.3, 0.4) is 0 Å². The predicted octanol–water partition coefficient (Wildman–Crippen LogP) is 4.86. The van der Waals surface area contributed by atoms with E-state index in [0.29, 0.717) is 45.3 Å². The maximum absolute atomic E-state index is 14.6. The highest BCUT2D eigenvalue weighted by Gasteiger charge is 2.52. The highest BCUT2D eigenvalue weighted by Crippen LogP contribution is 2.51. The van der Waals surface area contributed by atoms with Crippen LogP contribution in [0.5, 0.6) is 5.75 Å². The Balaban J connectivity index is 0.000000390. The molecule has 2 fully saturated rings. The van der Waals surface area contributed by atoms with Crippen LogP contribution in [0.25, 0.3) is 0 Å². The predicted molar refractivity (Wildman–Crippen MR) is 159 cm³/mol. The van der Waals surface area contributed by atoms with Crippen molar-refractivity contribution in [3.8, 4) is 5.75 Å². The molecular weight excluding hydrogens is 558 g/mol. The molecule has 8 nitrogen and oxygen atoms in total. The number of aldehydes is 1. The van der Waals surface area contributed by atoms with Gasteiger partial charge >= 0.3 is 6.09 Å². The molecule has 3 aliphatic rings. The Bertz CT molecular complexity index is 1230. The Morgan fingerprint density at radius 3 is 2.33 bits per heavy atom. The normalized spacial score (nSPS) is 23.2. The number of aliphatic hydroxyl groups is 1. The molecule has 0 bridgehead atoms. The number of carbonyl (C=O) groups is 3. The summed E-state index contributed by atoms with van der Waals surface area (Å²) in [5.74, 6) is -1.93. The molecule has 2 heterocycles. The standard InChI is InChI=1S/C23H30F2N2O5.C9H12.CH2O/c1-22(2,13-28)27-9-7-26(8-10-27)21(30)32-16-5-6-23(14-29)15(11-16)12-31-20-18(25)4-3-17(24)19(20)23;1-3-9-6-4-8(2)5-7-9;1-2/h3-4,14-16,28H,5-13H2,1-2H3;4-7H,3H2,1-2H3;1H2/t15?,16-,23?;;/m1../s1. The molecule has 1 saturated carbocycles. The molecule has 10 heteroatoms. The summed E-state index contributed by atoms with van der Waals surface area (Å²) in [6.07, 6.45) is 2.00. The molecule has 3 atom stereocenters. The minimum absolute atomic E-state index is 0.0175. The lowest BCUT2D eigenvalue weighted by molar-refractivity contribution is -0.119. The average molecular weight is 603 g/mol. The lowest BCUT2D eigenvalue weighted by Crippen LogP contribution is -2.57. The van der Waals surface area contributed by atoms with Gasteiger partial charge in [-0.2, -0.15) is 0 Å². The lowest BCUT2D eigenvalue weighted by atomic mass is 9.61. The van der Waals surface area contributed by atoms with Crippen LogP contribution >= 0.6 is 0 Å². The van der Waals surface area contributed by atoms with Gasteiger partial charge in [0, 0.05) is 43.2 Å². The van der Waals surface area contributed by atoms with E-state index in [1.54, 1.807) is 4.90 Å². The summed E-state index contributed by atoms with van der Waals surface area (Å²) < 4.78 is 40.1. The van der Waals surface area contributed by atoms with E-state index in [1.807, 2.05) is 20.6 Å². The van der Waals surface area contributed by atoms with Gasteiger partial charge in [0.1, 0.15) is 25.0 Å². The van der Waals surface area contributed by atoms with E-state index in [1.165, 1.54) is 11.1 Å². The number of fused-ring (bicyclic) bond motifs is 3. The second-order valence-corrected chi connectivity index (χ2v) is 12.0. The molecule has 0 spiro atoms. The van der Waals surface area contributed by atoms with Crippen LogP contribution in [0, 0.1) is 24.5 Å². The van der Waals surface area contributed by atoms with E-state index >= 15 is 0 Å². The third kappa shape index (κ3) is 7.59. The van der Waals surface area contributed by atoms with Crippen LogP contribution in [0.2, 0.25) is 0 Å². The highest BCUT2D eigenvalue weighted by molar-refractivity contribution is 5.73. The minimum atomic E-state index is -1.18. The lowest BCUT2D eigenvalue weighted by Gasteiger charge is -2.47. The van der Waals surface area contributed by atoms with E-state index < -0.39 is 35.2 Å². The van der Waals surface area contributed by atoms with Crippen LogP contribution in [0.4, 0.5) is 13.6 Å². The minimum Gasteiger partial charge on any atom is -0.490 e. The Hall–Kier alpha value is -3.37. The number of aliphatic hydroxyl groups excluding tert-OH is 1. The summed E-state index contributed by atoms with van der Waals surface area (Å²) in [7, 11) is 0. The summed E-state index contributed by atoms with van der Waals surface area (Å²) in [6.45, 7) is 12.6. The first-order valence-electron chi connectivity index (χ1n) is 14.8. The zero-order chi connectivity index (χ0) is 31.8. The molecule has 2 aromatic rings. The summed E-state index contributed by atoms with van der Waals surface area (Å²) in [6, 6.07) is 10.7. The fraction of sp³-hybridized carbons (Fsp3) is 0.545. The molecule has 5 rings (SSSR count). The molecule has 43 heavy (non-hydrogen) atoms. The van der Waals surface area contributed by atoms with Crippen molar-refractivity contribution in [1.29, 1.82) is 0 Å². The van der Waals surface area contributed by atoms with Crippen LogP contribution in [-0.4, -0.2) is 85.1 Å². The fourth-order valence-corrected chi connectivity index (χ4v) is 6.04. The van der Waals surface area contributed by atoms with Crippen molar-refractivity contribution in [2.24, 2.45) is 5.92 Å². The number of hydrogen-bond donors (Lipinski definition) is 1.